The smallest absolute Gasteiger partial charge is 0.330 e. The first kappa shape index (κ1) is 35.9. The standard InChI is InChI=1S/C43H42NO3P3S/c1-3-46-50(45,47-4-2)33-19-32-44-38-28-17-30-40(48(34-20-9-5-10-21-34)35-22-11-6-12-23-35)42(38)51-43-39(44)29-18-31-41(43)49(36-24-13-7-14-25-36)37-26-15-8-16-27-37/h5-18,20-31H,3-4,19,32-33H2,1-2H3. The molecule has 0 spiro atoms. The van der Waals surface area contributed by atoms with E-state index in [1.807, 2.05) is 25.6 Å². The van der Waals surface area contributed by atoms with Crippen molar-refractivity contribution in [2.75, 3.05) is 30.8 Å². The fourth-order valence-corrected chi connectivity index (χ4v) is 14.9. The highest BCUT2D eigenvalue weighted by Crippen LogP contribution is 2.53. The highest BCUT2D eigenvalue weighted by molar-refractivity contribution is 8.01. The SMILES string of the molecule is CCOP(=O)(CCCN1c2cccc(P(c3ccccc3)c3ccccc3)c2Sc2c1cccc2P(c1ccccc1)c1ccccc1)OCC. The van der Waals surface area contributed by atoms with E-state index in [1.165, 1.54) is 53.0 Å². The lowest BCUT2D eigenvalue weighted by Gasteiger charge is -2.37. The Labute approximate surface area is 309 Å². The summed E-state index contributed by atoms with van der Waals surface area (Å²) in [6, 6.07) is 57.4. The number of benzene rings is 6. The van der Waals surface area contributed by atoms with Crippen molar-refractivity contribution in [2.24, 2.45) is 0 Å². The normalized spacial score (nSPS) is 12.6. The average Bonchev–Trinajstić information content (AvgIpc) is 3.17. The second-order valence-electron chi connectivity index (χ2n) is 12.0. The maximum absolute atomic E-state index is 13.6. The molecule has 0 saturated carbocycles. The minimum absolute atomic E-state index is 0.362. The van der Waals surface area contributed by atoms with Crippen LogP contribution in [-0.2, 0) is 13.6 Å². The van der Waals surface area contributed by atoms with E-state index in [2.05, 4.69) is 163 Å². The molecule has 0 radical (unpaired) electrons. The molecular weight excluding hydrogens is 703 g/mol. The fraction of sp³-hybridized carbons (Fsp3) is 0.163. The second-order valence-corrected chi connectivity index (χ2v) is 19.6. The van der Waals surface area contributed by atoms with Gasteiger partial charge in [-0.1, -0.05) is 157 Å². The topological polar surface area (TPSA) is 38.8 Å². The van der Waals surface area contributed by atoms with Crippen molar-refractivity contribution in [3.63, 3.8) is 0 Å². The van der Waals surface area contributed by atoms with E-state index in [0.29, 0.717) is 32.3 Å². The number of hydrogen-bond acceptors (Lipinski definition) is 5. The minimum atomic E-state index is -3.19. The van der Waals surface area contributed by atoms with Gasteiger partial charge in [0.1, 0.15) is 0 Å². The quantitative estimate of drug-likeness (QED) is 0.104. The molecule has 1 aliphatic rings. The summed E-state index contributed by atoms with van der Waals surface area (Å²) in [6.45, 7) is 5.15. The second kappa shape index (κ2) is 16.9. The van der Waals surface area contributed by atoms with Crippen LogP contribution in [0.15, 0.2) is 168 Å². The third-order valence-electron chi connectivity index (χ3n) is 8.74. The molecule has 6 aromatic rings. The van der Waals surface area contributed by atoms with Crippen molar-refractivity contribution in [3.05, 3.63) is 158 Å². The Morgan fingerprint density at radius 3 is 1.25 bits per heavy atom. The van der Waals surface area contributed by atoms with Gasteiger partial charge in [0.25, 0.3) is 0 Å². The molecule has 7 rings (SSSR count). The van der Waals surface area contributed by atoms with E-state index in [0.717, 1.165) is 0 Å². The first-order chi connectivity index (χ1) is 25.1. The summed E-state index contributed by atoms with van der Waals surface area (Å²) in [5.74, 6) is 0. The third kappa shape index (κ3) is 7.96. The van der Waals surface area contributed by atoms with Crippen LogP contribution >= 0.6 is 35.2 Å². The number of hydrogen-bond donors (Lipinski definition) is 0. The molecule has 0 fully saturated rings. The average molecular weight is 746 g/mol. The van der Waals surface area contributed by atoms with E-state index < -0.39 is 23.4 Å². The van der Waals surface area contributed by atoms with Crippen LogP contribution in [0.25, 0.3) is 0 Å². The number of rotatable bonds is 14. The van der Waals surface area contributed by atoms with Crippen molar-refractivity contribution >= 4 is 78.4 Å². The van der Waals surface area contributed by atoms with Gasteiger partial charge >= 0.3 is 7.60 Å². The largest absolute Gasteiger partial charge is 0.340 e. The molecule has 0 N–H and O–H groups in total. The maximum atomic E-state index is 13.6. The van der Waals surface area contributed by atoms with Crippen LogP contribution in [0, 0.1) is 0 Å². The van der Waals surface area contributed by atoms with Gasteiger partial charge in [-0.05, 0) is 69.5 Å². The molecule has 0 amide bonds. The van der Waals surface area contributed by atoms with Crippen LogP contribution in [0.5, 0.6) is 0 Å². The Balaban J connectivity index is 1.40. The molecule has 0 bridgehead atoms. The van der Waals surface area contributed by atoms with Crippen LogP contribution < -0.4 is 36.7 Å². The first-order valence-corrected chi connectivity index (χ1v) is 22.7. The summed E-state index contributed by atoms with van der Waals surface area (Å²) < 4.78 is 25.0. The Morgan fingerprint density at radius 2 is 0.902 bits per heavy atom. The van der Waals surface area contributed by atoms with Gasteiger partial charge in [0, 0.05) is 26.9 Å². The summed E-state index contributed by atoms with van der Waals surface area (Å²) >= 11 is 1.92. The summed E-state index contributed by atoms with van der Waals surface area (Å²) in [4.78, 5) is 5.03. The zero-order chi connectivity index (χ0) is 35.0. The Kier molecular flexibility index (Phi) is 11.9. The lowest BCUT2D eigenvalue weighted by molar-refractivity contribution is 0.220. The van der Waals surface area contributed by atoms with Gasteiger partial charge in [-0.2, -0.15) is 0 Å². The minimum Gasteiger partial charge on any atom is -0.340 e. The maximum Gasteiger partial charge on any atom is 0.330 e. The zero-order valence-corrected chi connectivity index (χ0v) is 32.5. The predicted octanol–water partition coefficient (Wildman–Crippen LogP) is 9.46. The van der Waals surface area contributed by atoms with Gasteiger partial charge in [0.05, 0.1) is 30.8 Å². The summed E-state index contributed by atoms with van der Waals surface area (Å²) in [5, 5.41) is 7.97. The first-order valence-electron chi connectivity index (χ1n) is 17.5. The van der Waals surface area contributed by atoms with Gasteiger partial charge < -0.3 is 13.9 Å². The Morgan fingerprint density at radius 1 is 0.529 bits per heavy atom. The van der Waals surface area contributed by atoms with Gasteiger partial charge in [-0.25, -0.2) is 0 Å². The van der Waals surface area contributed by atoms with Crippen molar-refractivity contribution in [2.45, 2.75) is 30.1 Å². The summed E-state index contributed by atoms with van der Waals surface area (Å²) in [7, 11) is -4.89. The Bertz CT molecular complexity index is 1860. The van der Waals surface area contributed by atoms with Gasteiger partial charge in [-0.3, -0.25) is 4.57 Å². The molecular formula is C43H42NO3P3S. The number of nitrogens with zero attached hydrogens (tertiary/aromatic N) is 1. The molecule has 0 saturated heterocycles. The van der Waals surface area contributed by atoms with Crippen LogP contribution in [0.4, 0.5) is 11.4 Å². The Hall–Kier alpha value is -3.52. The van der Waals surface area contributed by atoms with E-state index >= 15 is 0 Å². The summed E-state index contributed by atoms with van der Waals surface area (Å²) in [5.41, 5.74) is 2.38. The molecule has 51 heavy (non-hydrogen) atoms. The van der Waals surface area contributed by atoms with Crippen molar-refractivity contribution in [1.29, 1.82) is 0 Å². The van der Waals surface area contributed by atoms with Crippen LogP contribution in [0.2, 0.25) is 0 Å². The van der Waals surface area contributed by atoms with Gasteiger partial charge in [0.2, 0.25) is 0 Å². The highest BCUT2D eigenvalue weighted by Gasteiger charge is 2.33. The molecule has 0 atom stereocenters. The molecule has 1 heterocycles. The molecule has 0 aromatic heterocycles. The molecule has 0 unspecified atom stereocenters. The van der Waals surface area contributed by atoms with Gasteiger partial charge in [-0.15, -0.1) is 0 Å². The zero-order valence-electron chi connectivity index (χ0n) is 29.0. The summed E-state index contributed by atoms with van der Waals surface area (Å²) in [6.07, 6.45) is 1.03. The fourth-order valence-electron chi connectivity index (χ4n) is 6.63. The molecule has 258 valence electrons. The predicted molar refractivity (Wildman–Crippen MR) is 222 cm³/mol. The van der Waals surface area contributed by atoms with Gasteiger partial charge in [0.15, 0.2) is 0 Å². The molecule has 6 aromatic carbocycles. The monoisotopic (exact) mass is 745 g/mol. The van der Waals surface area contributed by atoms with E-state index in [4.69, 9.17) is 9.05 Å². The third-order valence-corrected chi connectivity index (χ3v) is 17.4. The van der Waals surface area contributed by atoms with E-state index in [1.54, 1.807) is 0 Å². The lowest BCUT2D eigenvalue weighted by Crippen LogP contribution is -2.30. The molecule has 4 nitrogen and oxygen atoms in total. The van der Waals surface area contributed by atoms with E-state index in [-0.39, 0.29) is 0 Å². The molecule has 1 aliphatic heterocycles. The van der Waals surface area contributed by atoms with Crippen LogP contribution in [-0.4, -0.2) is 25.9 Å². The van der Waals surface area contributed by atoms with Crippen molar-refractivity contribution < 1.29 is 13.6 Å². The van der Waals surface area contributed by atoms with Crippen molar-refractivity contribution in [1.82, 2.24) is 0 Å². The number of anilines is 2. The molecule has 8 heteroatoms. The van der Waals surface area contributed by atoms with Crippen molar-refractivity contribution in [3.8, 4) is 0 Å². The van der Waals surface area contributed by atoms with Crippen LogP contribution in [0.3, 0.4) is 0 Å². The van der Waals surface area contributed by atoms with E-state index in [9.17, 15) is 4.57 Å². The van der Waals surface area contributed by atoms with Crippen LogP contribution in [0.1, 0.15) is 20.3 Å². The highest BCUT2D eigenvalue weighted by atomic mass is 32.2. The number of fused-ring (bicyclic) bond motifs is 2. The molecule has 0 aliphatic carbocycles. The lowest BCUT2D eigenvalue weighted by atomic mass is 10.2.